The Hall–Kier alpha value is -0.770. The van der Waals surface area contributed by atoms with Gasteiger partial charge in [0, 0.05) is 29.2 Å². The summed E-state index contributed by atoms with van der Waals surface area (Å²) in [7, 11) is 0. The van der Waals surface area contributed by atoms with Gasteiger partial charge in [0.1, 0.15) is 0 Å². The van der Waals surface area contributed by atoms with Crippen LogP contribution in [0.15, 0.2) is 46.0 Å². The van der Waals surface area contributed by atoms with Gasteiger partial charge in [0.25, 0.3) is 0 Å². The van der Waals surface area contributed by atoms with Crippen LogP contribution < -0.4 is 5.32 Å². The molecule has 2 aromatic rings. The molecule has 1 nitrogen and oxygen atoms in total. The molecule has 1 aromatic heterocycles. The predicted octanol–water partition coefficient (Wildman–Crippen LogP) is 4.29. The Balaban J connectivity index is 1.62. The van der Waals surface area contributed by atoms with Crippen molar-refractivity contribution in [2.24, 2.45) is 0 Å². The quantitative estimate of drug-likeness (QED) is 0.893. The second-order valence-corrected chi connectivity index (χ2v) is 6.57. The molecule has 2 atom stereocenters. The van der Waals surface area contributed by atoms with Gasteiger partial charge in [-0.1, -0.05) is 18.2 Å². The molecule has 18 heavy (non-hydrogen) atoms. The molecule has 2 heterocycles. The van der Waals surface area contributed by atoms with E-state index in [0.29, 0.717) is 12.0 Å². The van der Waals surface area contributed by atoms with Gasteiger partial charge in [0.05, 0.1) is 0 Å². The summed E-state index contributed by atoms with van der Waals surface area (Å²) < 4.78 is 0. The first-order valence-corrected chi connectivity index (χ1v) is 8.24. The molecule has 0 aliphatic carbocycles. The van der Waals surface area contributed by atoms with Crippen LogP contribution >= 0.6 is 23.1 Å². The number of nitrogens with one attached hydrogen (secondary N) is 1. The van der Waals surface area contributed by atoms with Crippen LogP contribution in [0.25, 0.3) is 0 Å². The van der Waals surface area contributed by atoms with E-state index < -0.39 is 0 Å². The summed E-state index contributed by atoms with van der Waals surface area (Å²) in [6, 6.07) is 11.5. The standard InChI is InChI=1S/C15H17NS2/c1-11(12-6-7-17-9-12)16-8-13-10-18-15-5-3-2-4-14(13)15/h2-7,9,11,13,16H,8,10H2,1H3. The van der Waals surface area contributed by atoms with Crippen molar-refractivity contribution in [3.63, 3.8) is 0 Å². The fourth-order valence-electron chi connectivity index (χ4n) is 2.36. The van der Waals surface area contributed by atoms with Gasteiger partial charge in [-0.15, -0.1) is 11.8 Å². The average molecular weight is 275 g/mol. The van der Waals surface area contributed by atoms with E-state index in [9.17, 15) is 0 Å². The van der Waals surface area contributed by atoms with Gasteiger partial charge >= 0.3 is 0 Å². The topological polar surface area (TPSA) is 12.0 Å². The molecule has 0 saturated carbocycles. The van der Waals surface area contributed by atoms with E-state index in [-0.39, 0.29) is 0 Å². The number of benzene rings is 1. The maximum Gasteiger partial charge on any atom is 0.0300 e. The lowest BCUT2D eigenvalue weighted by molar-refractivity contribution is 0.542. The Morgan fingerprint density at radius 2 is 2.22 bits per heavy atom. The van der Waals surface area contributed by atoms with E-state index in [1.807, 2.05) is 11.8 Å². The molecule has 94 valence electrons. The SMILES string of the molecule is CC(NCC1CSc2ccccc21)c1ccsc1. The molecule has 1 aromatic carbocycles. The fraction of sp³-hybridized carbons (Fsp3) is 0.333. The number of fused-ring (bicyclic) bond motifs is 1. The van der Waals surface area contributed by atoms with Crippen LogP contribution in [0.5, 0.6) is 0 Å². The predicted molar refractivity (Wildman–Crippen MR) is 80.6 cm³/mol. The molecule has 0 saturated heterocycles. The zero-order valence-electron chi connectivity index (χ0n) is 10.4. The van der Waals surface area contributed by atoms with Crippen LogP contribution in [0.4, 0.5) is 0 Å². The monoisotopic (exact) mass is 275 g/mol. The average Bonchev–Trinajstić information content (AvgIpc) is 3.06. The number of hydrogen-bond acceptors (Lipinski definition) is 3. The normalized spacial score (nSPS) is 19.7. The van der Waals surface area contributed by atoms with Gasteiger partial charge in [-0.3, -0.25) is 0 Å². The number of thioether (sulfide) groups is 1. The summed E-state index contributed by atoms with van der Waals surface area (Å²) in [6.07, 6.45) is 0. The Kier molecular flexibility index (Phi) is 3.73. The summed E-state index contributed by atoms with van der Waals surface area (Å²) in [5.41, 5.74) is 2.92. The molecule has 0 spiro atoms. The highest BCUT2D eigenvalue weighted by Gasteiger charge is 2.22. The van der Waals surface area contributed by atoms with E-state index in [2.05, 4.69) is 53.3 Å². The minimum atomic E-state index is 0.453. The number of thiophene rings is 1. The van der Waals surface area contributed by atoms with Crippen molar-refractivity contribution in [2.75, 3.05) is 12.3 Å². The summed E-state index contributed by atoms with van der Waals surface area (Å²) in [6.45, 7) is 3.32. The van der Waals surface area contributed by atoms with Gasteiger partial charge in [0.2, 0.25) is 0 Å². The molecule has 0 radical (unpaired) electrons. The molecule has 0 amide bonds. The van der Waals surface area contributed by atoms with Crippen molar-refractivity contribution in [3.8, 4) is 0 Å². The highest BCUT2D eigenvalue weighted by molar-refractivity contribution is 7.99. The lowest BCUT2D eigenvalue weighted by Gasteiger charge is -2.16. The minimum absolute atomic E-state index is 0.453. The van der Waals surface area contributed by atoms with Crippen LogP contribution in [0.1, 0.15) is 30.0 Å². The number of rotatable bonds is 4. The Bertz CT molecular complexity index is 507. The maximum atomic E-state index is 3.66. The molecule has 3 rings (SSSR count). The molecule has 1 aliphatic rings. The minimum Gasteiger partial charge on any atom is -0.310 e. The van der Waals surface area contributed by atoms with Gasteiger partial charge in [-0.2, -0.15) is 11.3 Å². The Morgan fingerprint density at radius 1 is 1.33 bits per heavy atom. The Labute approximate surface area is 117 Å². The highest BCUT2D eigenvalue weighted by atomic mass is 32.2. The molecule has 0 bridgehead atoms. The molecule has 3 heteroatoms. The van der Waals surface area contributed by atoms with Gasteiger partial charge < -0.3 is 5.32 Å². The first kappa shape index (κ1) is 12.3. The lowest BCUT2D eigenvalue weighted by Crippen LogP contribution is -2.24. The summed E-state index contributed by atoms with van der Waals surface area (Å²) in [5, 5.41) is 8.04. The van der Waals surface area contributed by atoms with Crippen molar-refractivity contribution in [2.45, 2.75) is 23.8 Å². The zero-order chi connectivity index (χ0) is 12.4. The first-order valence-electron chi connectivity index (χ1n) is 6.32. The van der Waals surface area contributed by atoms with Crippen molar-refractivity contribution >= 4 is 23.1 Å². The summed E-state index contributed by atoms with van der Waals surface area (Å²) in [5.74, 6) is 1.87. The van der Waals surface area contributed by atoms with Gasteiger partial charge in [-0.05, 0) is 40.9 Å². The van der Waals surface area contributed by atoms with Crippen molar-refractivity contribution in [1.29, 1.82) is 0 Å². The van der Waals surface area contributed by atoms with Gasteiger partial charge in [0.15, 0.2) is 0 Å². The molecule has 1 N–H and O–H groups in total. The van der Waals surface area contributed by atoms with Crippen LogP contribution in [0.2, 0.25) is 0 Å². The van der Waals surface area contributed by atoms with Crippen LogP contribution in [0, 0.1) is 0 Å². The van der Waals surface area contributed by atoms with Crippen LogP contribution in [-0.4, -0.2) is 12.3 Å². The summed E-state index contributed by atoms with van der Waals surface area (Å²) in [4.78, 5) is 1.47. The Morgan fingerprint density at radius 3 is 3.06 bits per heavy atom. The molecule has 2 unspecified atom stereocenters. The molecule has 0 fully saturated rings. The smallest absolute Gasteiger partial charge is 0.0300 e. The largest absolute Gasteiger partial charge is 0.310 e. The van der Waals surface area contributed by atoms with Crippen molar-refractivity contribution in [1.82, 2.24) is 5.32 Å². The number of hydrogen-bond donors (Lipinski definition) is 1. The second kappa shape index (κ2) is 5.47. The third-order valence-corrected chi connectivity index (χ3v) is 5.47. The zero-order valence-corrected chi connectivity index (χ0v) is 12.1. The molecular formula is C15H17NS2. The van der Waals surface area contributed by atoms with Crippen LogP contribution in [-0.2, 0) is 0 Å². The maximum absolute atomic E-state index is 3.66. The molecular weight excluding hydrogens is 258 g/mol. The second-order valence-electron chi connectivity index (χ2n) is 4.73. The van der Waals surface area contributed by atoms with Crippen LogP contribution in [0.3, 0.4) is 0 Å². The third kappa shape index (κ3) is 2.48. The van der Waals surface area contributed by atoms with E-state index >= 15 is 0 Å². The van der Waals surface area contributed by atoms with E-state index in [0.717, 1.165) is 6.54 Å². The third-order valence-electron chi connectivity index (χ3n) is 3.51. The highest BCUT2D eigenvalue weighted by Crippen LogP contribution is 2.39. The lowest BCUT2D eigenvalue weighted by atomic mass is 10.0. The van der Waals surface area contributed by atoms with Gasteiger partial charge in [-0.25, -0.2) is 0 Å². The van der Waals surface area contributed by atoms with Crippen molar-refractivity contribution in [3.05, 3.63) is 52.2 Å². The fourth-order valence-corrected chi connectivity index (χ4v) is 4.36. The van der Waals surface area contributed by atoms with E-state index in [4.69, 9.17) is 0 Å². The van der Waals surface area contributed by atoms with Crippen molar-refractivity contribution < 1.29 is 0 Å². The first-order chi connectivity index (χ1) is 8.84. The molecule has 1 aliphatic heterocycles. The van der Waals surface area contributed by atoms with E-state index in [1.54, 1.807) is 11.3 Å². The summed E-state index contributed by atoms with van der Waals surface area (Å²) >= 11 is 3.76. The van der Waals surface area contributed by atoms with E-state index in [1.165, 1.54) is 21.8 Å².